The number of nitrogens with zero attached hydrogens (tertiary/aromatic N) is 2. The standard InChI is InChI=1S/C19H20N2O7/c1-20-7-6-18-12-9-4-5-10(24-2)14(12)27-16(18)11(25-3)8-26-17-19(18,21(22)23)15(20)13(9)28-17/h4-5,8,13,15-17H,6-7H2,1-3H3/t13-,15?,16-,17-,18-,19-/m0/s1. The van der Waals surface area contributed by atoms with Crippen molar-refractivity contribution < 1.29 is 28.6 Å². The molecule has 1 aromatic rings. The molecular weight excluding hydrogens is 368 g/mol. The molecule has 5 aliphatic rings. The smallest absolute Gasteiger partial charge is 0.314 e. The zero-order chi connectivity index (χ0) is 19.4. The normalized spacial score (nSPS) is 41.5. The molecule has 4 aliphatic heterocycles. The second kappa shape index (κ2) is 4.90. The van der Waals surface area contributed by atoms with Crippen molar-refractivity contribution in [3.63, 3.8) is 0 Å². The van der Waals surface area contributed by atoms with Crippen LogP contribution in [0.1, 0.15) is 23.7 Å². The molecule has 2 fully saturated rings. The summed E-state index contributed by atoms with van der Waals surface area (Å²) in [6.45, 7) is 0.680. The van der Waals surface area contributed by atoms with Crippen molar-refractivity contribution in [3.05, 3.63) is 45.4 Å². The van der Waals surface area contributed by atoms with Gasteiger partial charge >= 0.3 is 5.54 Å². The summed E-state index contributed by atoms with van der Waals surface area (Å²) in [7, 11) is 5.01. The van der Waals surface area contributed by atoms with E-state index in [0.717, 1.165) is 11.1 Å². The van der Waals surface area contributed by atoms with E-state index >= 15 is 0 Å². The van der Waals surface area contributed by atoms with E-state index in [1.54, 1.807) is 7.11 Å². The molecule has 9 heteroatoms. The van der Waals surface area contributed by atoms with Crippen LogP contribution in [0.2, 0.25) is 0 Å². The van der Waals surface area contributed by atoms with Crippen LogP contribution >= 0.6 is 0 Å². The number of methoxy groups -OCH3 is 2. The Morgan fingerprint density at radius 3 is 2.86 bits per heavy atom. The summed E-state index contributed by atoms with van der Waals surface area (Å²) in [5.74, 6) is 1.54. The van der Waals surface area contributed by atoms with Gasteiger partial charge in [-0.05, 0) is 31.6 Å². The minimum Gasteiger partial charge on any atom is -0.494 e. The van der Waals surface area contributed by atoms with Crippen molar-refractivity contribution in [1.29, 1.82) is 0 Å². The van der Waals surface area contributed by atoms with Gasteiger partial charge in [-0.1, -0.05) is 6.07 Å². The van der Waals surface area contributed by atoms with Gasteiger partial charge in [-0.2, -0.15) is 0 Å². The van der Waals surface area contributed by atoms with Gasteiger partial charge in [0.15, 0.2) is 23.4 Å². The molecule has 148 valence electrons. The maximum Gasteiger partial charge on any atom is 0.314 e. The van der Waals surface area contributed by atoms with E-state index in [4.69, 9.17) is 23.7 Å². The van der Waals surface area contributed by atoms with Crippen molar-refractivity contribution in [2.75, 3.05) is 27.8 Å². The highest BCUT2D eigenvalue weighted by Gasteiger charge is 2.88. The molecule has 4 heterocycles. The minimum atomic E-state index is -1.52. The highest BCUT2D eigenvalue weighted by molar-refractivity contribution is 5.65. The quantitative estimate of drug-likeness (QED) is 0.566. The maximum absolute atomic E-state index is 12.9. The molecule has 1 aliphatic carbocycles. The second-order valence-corrected chi connectivity index (χ2v) is 8.04. The van der Waals surface area contributed by atoms with Crippen molar-refractivity contribution in [2.45, 2.75) is 41.9 Å². The monoisotopic (exact) mass is 388 g/mol. The lowest BCUT2D eigenvalue weighted by atomic mass is 9.51. The fraction of sp³-hybridized carbons (Fsp3) is 0.579. The Labute approximate surface area is 160 Å². The number of rotatable bonds is 3. The number of benzene rings is 1. The molecule has 1 aromatic carbocycles. The maximum atomic E-state index is 12.9. The first-order valence-electron chi connectivity index (χ1n) is 9.30. The Balaban J connectivity index is 1.78. The Kier molecular flexibility index (Phi) is 2.88. The number of piperidine rings is 1. The molecule has 28 heavy (non-hydrogen) atoms. The number of fused-ring (bicyclic) bond motifs is 1. The van der Waals surface area contributed by atoms with Crippen LogP contribution in [0.4, 0.5) is 0 Å². The van der Waals surface area contributed by atoms with Crippen molar-refractivity contribution in [3.8, 4) is 11.5 Å². The first-order valence-corrected chi connectivity index (χ1v) is 9.30. The molecule has 2 saturated heterocycles. The number of likely N-dealkylation sites (N-methyl/N-ethyl adjacent to an activating group) is 1. The van der Waals surface area contributed by atoms with Gasteiger partial charge in [-0.25, -0.2) is 0 Å². The number of nitro groups is 1. The molecule has 0 radical (unpaired) electrons. The summed E-state index contributed by atoms with van der Waals surface area (Å²) in [6.07, 6.45) is -0.257. The molecule has 6 atom stereocenters. The van der Waals surface area contributed by atoms with Gasteiger partial charge < -0.3 is 23.7 Å². The first kappa shape index (κ1) is 16.4. The fourth-order valence-electron chi connectivity index (χ4n) is 6.37. The SMILES string of the molecule is COC1=CO[C@H]2O[C@H]3c4ccc(OC)c5c4[C@@]4(CCN(C)C3[C@]24[N+](=O)[O-])[C@H]1O5. The molecule has 0 aromatic heterocycles. The van der Waals surface area contributed by atoms with Gasteiger partial charge in [-0.15, -0.1) is 0 Å². The first-order chi connectivity index (χ1) is 13.5. The third kappa shape index (κ3) is 1.39. The van der Waals surface area contributed by atoms with Gasteiger partial charge in [0.1, 0.15) is 23.8 Å². The van der Waals surface area contributed by atoms with Crippen molar-refractivity contribution in [2.24, 2.45) is 0 Å². The predicted octanol–water partition coefficient (Wildman–Crippen LogP) is 1.34. The summed E-state index contributed by atoms with van der Waals surface area (Å²) in [5.41, 5.74) is -0.755. The molecule has 4 bridgehead atoms. The van der Waals surface area contributed by atoms with E-state index in [0.29, 0.717) is 30.2 Å². The molecule has 0 saturated carbocycles. The van der Waals surface area contributed by atoms with Crippen LogP contribution in [0.15, 0.2) is 24.2 Å². The average Bonchev–Trinajstić information content (AvgIpc) is 3.14. The molecule has 9 nitrogen and oxygen atoms in total. The van der Waals surface area contributed by atoms with E-state index in [-0.39, 0.29) is 4.92 Å². The summed E-state index contributed by atoms with van der Waals surface area (Å²) in [5, 5.41) is 12.9. The van der Waals surface area contributed by atoms with Crippen LogP contribution in [0.3, 0.4) is 0 Å². The minimum absolute atomic E-state index is 0.196. The Morgan fingerprint density at radius 1 is 1.32 bits per heavy atom. The largest absolute Gasteiger partial charge is 0.494 e. The summed E-state index contributed by atoms with van der Waals surface area (Å²) in [4.78, 5) is 14.7. The molecule has 6 rings (SSSR count). The van der Waals surface area contributed by atoms with E-state index in [2.05, 4.69) is 0 Å². The number of ether oxygens (including phenoxy) is 5. The number of hydrogen-bond donors (Lipinski definition) is 0. The van der Waals surface area contributed by atoms with Crippen molar-refractivity contribution in [1.82, 2.24) is 4.90 Å². The lowest BCUT2D eigenvalue weighted by molar-refractivity contribution is -0.611. The Bertz CT molecular complexity index is 948. The Hall–Kier alpha value is -2.52. The number of hydrogen-bond acceptors (Lipinski definition) is 8. The van der Waals surface area contributed by atoms with Crippen LogP contribution in [-0.4, -0.2) is 61.6 Å². The van der Waals surface area contributed by atoms with E-state index < -0.39 is 35.5 Å². The molecular formula is C19H20N2O7. The van der Waals surface area contributed by atoms with Gasteiger partial charge in [-0.3, -0.25) is 15.0 Å². The third-order valence-electron chi connectivity index (χ3n) is 7.33. The van der Waals surface area contributed by atoms with Crippen LogP contribution in [-0.2, 0) is 19.6 Å². The zero-order valence-corrected chi connectivity index (χ0v) is 15.7. The molecule has 0 N–H and O–H groups in total. The van der Waals surface area contributed by atoms with E-state index in [1.807, 2.05) is 24.1 Å². The zero-order valence-electron chi connectivity index (χ0n) is 15.7. The number of likely N-dealkylation sites (tertiary alicyclic amines) is 1. The summed E-state index contributed by atoms with van der Waals surface area (Å²) < 4.78 is 29.6. The van der Waals surface area contributed by atoms with Gasteiger partial charge in [0, 0.05) is 10.5 Å². The highest BCUT2D eigenvalue weighted by Crippen LogP contribution is 2.71. The summed E-state index contributed by atoms with van der Waals surface area (Å²) in [6, 6.07) is 3.31. The van der Waals surface area contributed by atoms with Crippen LogP contribution < -0.4 is 9.47 Å². The summed E-state index contributed by atoms with van der Waals surface area (Å²) >= 11 is 0. The van der Waals surface area contributed by atoms with Crippen LogP contribution in [0.25, 0.3) is 0 Å². The van der Waals surface area contributed by atoms with Gasteiger partial charge in [0.2, 0.25) is 0 Å². The fourth-order valence-corrected chi connectivity index (χ4v) is 6.37. The van der Waals surface area contributed by atoms with Gasteiger partial charge in [0.25, 0.3) is 6.29 Å². The highest BCUT2D eigenvalue weighted by atomic mass is 16.7. The third-order valence-corrected chi connectivity index (χ3v) is 7.33. The van der Waals surface area contributed by atoms with Crippen molar-refractivity contribution >= 4 is 0 Å². The topological polar surface area (TPSA) is 92.5 Å². The Morgan fingerprint density at radius 2 is 2.14 bits per heavy atom. The molecule has 1 spiro atoms. The predicted molar refractivity (Wildman–Crippen MR) is 93.6 cm³/mol. The second-order valence-electron chi connectivity index (χ2n) is 8.04. The van der Waals surface area contributed by atoms with Crippen LogP contribution in [0.5, 0.6) is 11.5 Å². The molecule has 0 amide bonds. The lowest BCUT2D eigenvalue weighted by Crippen LogP contribution is -2.77. The lowest BCUT2D eigenvalue weighted by Gasteiger charge is -2.53. The van der Waals surface area contributed by atoms with Gasteiger partial charge in [0.05, 0.1) is 14.2 Å². The van der Waals surface area contributed by atoms with E-state index in [1.165, 1.54) is 13.4 Å². The van der Waals surface area contributed by atoms with E-state index in [9.17, 15) is 10.1 Å². The van der Waals surface area contributed by atoms with Crippen LogP contribution in [0, 0.1) is 10.1 Å². The average molecular weight is 388 g/mol. The molecule has 1 unspecified atom stereocenters.